The zero-order valence-electron chi connectivity index (χ0n) is 10.6. The number of nitrogens with two attached hydrogens (primary N) is 1. The number of nitrogens with one attached hydrogen (secondary N) is 2. The van der Waals surface area contributed by atoms with Gasteiger partial charge in [-0.15, -0.1) is 0 Å². The van der Waals surface area contributed by atoms with Gasteiger partial charge >= 0.3 is 0 Å². The van der Waals surface area contributed by atoms with Gasteiger partial charge in [0.05, 0.1) is 5.56 Å². The lowest BCUT2D eigenvalue weighted by molar-refractivity contribution is 0.475. The Labute approximate surface area is 115 Å². The lowest BCUT2D eigenvalue weighted by Crippen LogP contribution is -2.15. The molecule has 0 fully saturated rings. The van der Waals surface area contributed by atoms with Crippen molar-refractivity contribution >= 4 is 17.6 Å². The Morgan fingerprint density at radius 1 is 1.20 bits per heavy atom. The summed E-state index contributed by atoms with van der Waals surface area (Å²) in [6.07, 6.45) is 1.75. The maximum absolute atomic E-state index is 9.18. The molecular formula is C14H14N4O2. The van der Waals surface area contributed by atoms with E-state index in [0.717, 1.165) is 5.56 Å². The Bertz CT molecular complexity index is 638. The number of hydrogen-bond donors (Lipinski definition) is 4. The van der Waals surface area contributed by atoms with Crippen LogP contribution in [0.25, 0.3) is 0 Å². The number of nitrogens with zero attached hydrogens (tertiary/aromatic N) is 1. The molecule has 1 heterocycles. The minimum absolute atomic E-state index is 0.0797. The number of nitrogen functional groups attached to an aromatic ring is 1. The van der Waals surface area contributed by atoms with Gasteiger partial charge < -0.3 is 15.6 Å². The molecule has 0 amide bonds. The summed E-state index contributed by atoms with van der Waals surface area (Å²) in [4.78, 5) is 3.86. The first kappa shape index (κ1) is 13.5. The second-order valence-corrected chi connectivity index (χ2v) is 4.13. The molecule has 5 N–H and O–H groups in total. The lowest BCUT2D eigenvalue weighted by Gasteiger charge is -2.09. The molecule has 1 aromatic carbocycles. The molecule has 20 heavy (non-hydrogen) atoms. The molecule has 0 unspecified atom stereocenters. The van der Waals surface area contributed by atoms with E-state index in [1.165, 1.54) is 18.3 Å². The third kappa shape index (κ3) is 3.32. The van der Waals surface area contributed by atoms with Gasteiger partial charge in [0.1, 0.15) is 11.6 Å². The predicted octanol–water partition coefficient (Wildman–Crippen LogP) is 1.93. The van der Waals surface area contributed by atoms with Crippen LogP contribution in [-0.2, 0) is 11.2 Å². The Balaban J connectivity index is 2.00. The molecule has 6 heteroatoms. The van der Waals surface area contributed by atoms with E-state index in [-0.39, 0.29) is 29.8 Å². The van der Waals surface area contributed by atoms with E-state index in [0.29, 0.717) is 5.56 Å². The van der Waals surface area contributed by atoms with Gasteiger partial charge in [0.25, 0.3) is 0 Å². The molecule has 2 rings (SSSR count). The number of anilines is 1. The Kier molecular flexibility index (Phi) is 3.95. The van der Waals surface area contributed by atoms with Crippen LogP contribution in [0.2, 0.25) is 0 Å². The zero-order valence-corrected chi connectivity index (χ0v) is 10.6. The molecule has 0 aliphatic carbocycles. The number of rotatable bonds is 3. The summed E-state index contributed by atoms with van der Waals surface area (Å²) in [6, 6.07) is 9.70. The number of hydrogen-bond acceptors (Lipinski definition) is 6. The van der Waals surface area contributed by atoms with Gasteiger partial charge in [-0.25, -0.2) is 4.98 Å². The third-order valence-corrected chi connectivity index (χ3v) is 2.61. The largest absolute Gasteiger partial charge is 0.508 e. The highest BCUT2D eigenvalue weighted by Gasteiger charge is 2.10. The van der Waals surface area contributed by atoms with Crippen LogP contribution in [0.15, 0.2) is 42.6 Å². The molecule has 0 atom stereocenters. The molecule has 0 radical (unpaired) electrons. The predicted molar refractivity (Wildman–Crippen MR) is 76.1 cm³/mol. The first-order chi connectivity index (χ1) is 9.56. The van der Waals surface area contributed by atoms with Crippen LogP contribution < -0.4 is 5.73 Å². The fourth-order valence-electron chi connectivity index (χ4n) is 1.62. The van der Waals surface area contributed by atoms with Crippen LogP contribution in [0.3, 0.4) is 0 Å². The fourth-order valence-corrected chi connectivity index (χ4v) is 1.62. The van der Waals surface area contributed by atoms with Crippen molar-refractivity contribution in [2.24, 2.45) is 0 Å². The molecule has 0 bridgehead atoms. The Hall–Kier alpha value is -2.89. The summed E-state index contributed by atoms with van der Waals surface area (Å²) in [7, 11) is 0. The first-order valence-corrected chi connectivity index (χ1v) is 5.89. The highest BCUT2D eigenvalue weighted by Crippen LogP contribution is 2.12. The molecule has 6 nitrogen and oxygen atoms in total. The molecule has 2 aromatic rings. The van der Waals surface area contributed by atoms with E-state index in [1.54, 1.807) is 24.3 Å². The number of phenolic OH excluding ortho intramolecular Hbond substituents is 1. The van der Waals surface area contributed by atoms with Crippen molar-refractivity contribution in [3.8, 4) is 5.75 Å². The van der Waals surface area contributed by atoms with Crippen LogP contribution in [0.4, 0.5) is 5.82 Å². The maximum atomic E-state index is 9.18. The molecule has 0 saturated carbocycles. The van der Waals surface area contributed by atoms with Gasteiger partial charge in [-0.1, -0.05) is 12.1 Å². The molecule has 0 saturated heterocycles. The van der Waals surface area contributed by atoms with E-state index < -0.39 is 0 Å². The van der Waals surface area contributed by atoms with Crippen molar-refractivity contribution in [2.75, 3.05) is 5.73 Å². The molecule has 0 aliphatic rings. The SMILES string of the molecule is N=C(Cc1ccc(O)cc1)OC(=N)c1cccnc1N. The van der Waals surface area contributed by atoms with Crippen LogP contribution in [-0.4, -0.2) is 21.9 Å². The standard InChI is InChI=1S/C14H14N4O2/c15-12(8-9-3-5-10(19)6-4-9)20-14(17)11-2-1-7-18-13(11)16/h1-7,15,17,19H,8H2,(H2,16,18). The van der Waals surface area contributed by atoms with Crippen molar-refractivity contribution in [3.05, 3.63) is 53.7 Å². The summed E-state index contributed by atoms with van der Waals surface area (Å²) in [5, 5.41) is 24.7. The van der Waals surface area contributed by atoms with Gasteiger partial charge in [0, 0.05) is 12.6 Å². The van der Waals surface area contributed by atoms with E-state index in [4.69, 9.17) is 21.3 Å². The van der Waals surface area contributed by atoms with Crippen molar-refractivity contribution < 1.29 is 9.84 Å². The number of ether oxygens (including phenoxy) is 1. The van der Waals surface area contributed by atoms with Crippen molar-refractivity contribution in [1.29, 1.82) is 10.8 Å². The van der Waals surface area contributed by atoms with E-state index >= 15 is 0 Å². The van der Waals surface area contributed by atoms with Gasteiger partial charge in [-0.05, 0) is 29.8 Å². The molecule has 0 spiro atoms. The second-order valence-electron chi connectivity index (χ2n) is 4.13. The summed E-state index contributed by atoms with van der Waals surface area (Å²) in [5.74, 6) is 0.0651. The van der Waals surface area contributed by atoms with Crippen LogP contribution >= 0.6 is 0 Å². The summed E-state index contributed by atoms with van der Waals surface area (Å²) in [5.41, 5.74) is 6.79. The molecular weight excluding hydrogens is 256 g/mol. The van der Waals surface area contributed by atoms with Crippen molar-refractivity contribution in [1.82, 2.24) is 4.98 Å². The van der Waals surface area contributed by atoms with Gasteiger partial charge in [-0.2, -0.15) is 0 Å². The monoisotopic (exact) mass is 270 g/mol. The summed E-state index contributed by atoms with van der Waals surface area (Å²) in [6.45, 7) is 0. The topological polar surface area (TPSA) is 116 Å². The second kappa shape index (κ2) is 5.83. The average Bonchev–Trinajstić information content (AvgIpc) is 2.41. The van der Waals surface area contributed by atoms with Gasteiger partial charge in [0.15, 0.2) is 5.90 Å². The van der Waals surface area contributed by atoms with E-state index in [9.17, 15) is 5.11 Å². The number of benzene rings is 1. The number of pyridine rings is 1. The third-order valence-electron chi connectivity index (χ3n) is 2.61. The van der Waals surface area contributed by atoms with Crippen LogP contribution in [0.1, 0.15) is 11.1 Å². The summed E-state index contributed by atoms with van der Waals surface area (Å²) >= 11 is 0. The van der Waals surface area contributed by atoms with Gasteiger partial charge in [-0.3, -0.25) is 10.8 Å². The highest BCUT2D eigenvalue weighted by atomic mass is 16.5. The molecule has 1 aromatic heterocycles. The number of aromatic hydroxyl groups is 1. The minimum atomic E-state index is -0.209. The summed E-state index contributed by atoms with van der Waals surface area (Å²) < 4.78 is 5.14. The number of aromatic nitrogens is 1. The lowest BCUT2D eigenvalue weighted by atomic mass is 10.1. The average molecular weight is 270 g/mol. The highest BCUT2D eigenvalue weighted by molar-refractivity contribution is 6.02. The van der Waals surface area contributed by atoms with E-state index in [2.05, 4.69) is 4.98 Å². The van der Waals surface area contributed by atoms with E-state index in [1.807, 2.05) is 0 Å². The normalized spacial score (nSPS) is 10.0. The fraction of sp³-hybridized carbons (Fsp3) is 0.0714. The zero-order chi connectivity index (χ0) is 14.5. The number of phenols is 1. The van der Waals surface area contributed by atoms with Crippen molar-refractivity contribution in [3.63, 3.8) is 0 Å². The van der Waals surface area contributed by atoms with Crippen LogP contribution in [0.5, 0.6) is 5.75 Å². The van der Waals surface area contributed by atoms with Crippen LogP contribution in [0, 0.1) is 10.8 Å². The Morgan fingerprint density at radius 2 is 1.90 bits per heavy atom. The first-order valence-electron chi connectivity index (χ1n) is 5.89. The maximum Gasteiger partial charge on any atom is 0.224 e. The minimum Gasteiger partial charge on any atom is -0.508 e. The molecule has 0 aliphatic heterocycles. The quantitative estimate of drug-likeness (QED) is 0.503. The van der Waals surface area contributed by atoms with Gasteiger partial charge in [0.2, 0.25) is 5.90 Å². The smallest absolute Gasteiger partial charge is 0.224 e. The Morgan fingerprint density at radius 3 is 2.55 bits per heavy atom. The van der Waals surface area contributed by atoms with Crippen molar-refractivity contribution in [2.45, 2.75) is 6.42 Å². The molecule has 102 valence electrons.